The highest BCUT2D eigenvalue weighted by Gasteiger charge is 2.26. The van der Waals surface area contributed by atoms with Crippen LogP contribution in [0.25, 0.3) is 0 Å². The summed E-state index contributed by atoms with van der Waals surface area (Å²) in [5, 5.41) is 34.3. The molecule has 2 aromatic carbocycles. The van der Waals surface area contributed by atoms with Crippen molar-refractivity contribution in [2.45, 2.75) is 58.5 Å². The van der Waals surface area contributed by atoms with Gasteiger partial charge in [0.25, 0.3) is 0 Å². The number of unbranched alkanes of at least 4 members (excludes halogenated alkanes) is 1. The lowest BCUT2D eigenvalue weighted by Gasteiger charge is -2.14. The number of hydrogen-bond acceptors (Lipinski definition) is 10. The van der Waals surface area contributed by atoms with E-state index in [1.165, 1.54) is 11.3 Å². The summed E-state index contributed by atoms with van der Waals surface area (Å²) in [6, 6.07) is 16.5. The zero-order valence-corrected chi connectivity index (χ0v) is 25.4. The van der Waals surface area contributed by atoms with Crippen LogP contribution in [0, 0.1) is 0 Å². The van der Waals surface area contributed by atoms with Gasteiger partial charge in [0, 0.05) is 31.6 Å². The van der Waals surface area contributed by atoms with Crippen LogP contribution in [0.15, 0.2) is 66.9 Å². The van der Waals surface area contributed by atoms with E-state index in [9.17, 15) is 14.7 Å². The maximum atomic E-state index is 12.8. The number of allylic oxidation sites excluding steroid dienone is 1. The Morgan fingerprint density at radius 1 is 0.977 bits per heavy atom. The molecule has 3 heterocycles. The number of rotatable bonds is 13. The van der Waals surface area contributed by atoms with Crippen molar-refractivity contribution in [2.24, 2.45) is 0 Å². The summed E-state index contributed by atoms with van der Waals surface area (Å²) < 4.78 is 5.13. The predicted octanol–water partition coefficient (Wildman–Crippen LogP) is 5.42. The highest BCUT2D eigenvalue weighted by molar-refractivity contribution is 7.15. The first-order chi connectivity index (χ1) is 21.4. The van der Waals surface area contributed by atoms with E-state index in [2.05, 4.69) is 37.6 Å². The van der Waals surface area contributed by atoms with Crippen molar-refractivity contribution in [1.29, 1.82) is 0 Å². The topological polar surface area (TPSA) is 142 Å². The van der Waals surface area contributed by atoms with Gasteiger partial charge in [0.2, 0.25) is 11.0 Å². The van der Waals surface area contributed by atoms with Crippen LogP contribution < -0.4 is 10.6 Å². The minimum Gasteiger partial charge on any atom is -0.508 e. The number of amides is 2. The number of hydrogen-bond donors (Lipinski definition) is 3. The zero-order chi connectivity index (χ0) is 30.9. The van der Waals surface area contributed by atoms with Gasteiger partial charge in [-0.2, -0.15) is 5.10 Å². The van der Waals surface area contributed by atoms with E-state index < -0.39 is 0 Å². The van der Waals surface area contributed by atoms with Gasteiger partial charge < -0.3 is 20.5 Å². The third-order valence-corrected chi connectivity index (χ3v) is 8.00. The number of aryl methyl sites for hydroxylation is 2. The number of benzene rings is 2. The molecule has 2 amide bonds. The van der Waals surface area contributed by atoms with Gasteiger partial charge in [0.15, 0.2) is 5.82 Å². The van der Waals surface area contributed by atoms with Crippen LogP contribution in [0.2, 0.25) is 0 Å². The molecular weight excluding hydrogens is 578 g/mol. The number of nitrogens with one attached hydrogen (secondary N) is 2. The van der Waals surface area contributed by atoms with Crippen LogP contribution >= 0.6 is 11.3 Å². The molecular formula is C32H35N7O4S. The van der Waals surface area contributed by atoms with E-state index in [0.29, 0.717) is 37.1 Å². The molecule has 0 saturated carbocycles. The van der Waals surface area contributed by atoms with Crippen LogP contribution in [-0.4, -0.2) is 49.0 Å². The summed E-state index contributed by atoms with van der Waals surface area (Å²) in [5.74, 6) is 0.443. The minimum absolute atomic E-state index is 0.178. The number of carbonyl (C=O) groups excluding carboxylic acids is 2. The fourth-order valence-corrected chi connectivity index (χ4v) is 5.84. The first-order valence-corrected chi connectivity index (χ1v) is 15.4. The lowest BCUT2D eigenvalue weighted by Crippen LogP contribution is -2.26. The zero-order valence-electron chi connectivity index (χ0n) is 24.6. The quantitative estimate of drug-likeness (QED) is 0.168. The Labute approximate surface area is 260 Å². The third kappa shape index (κ3) is 8.38. The molecule has 5 rings (SSSR count). The third-order valence-electron chi connectivity index (χ3n) is 7.10. The molecule has 2 aromatic heterocycles. The van der Waals surface area contributed by atoms with Crippen LogP contribution in [0.5, 0.6) is 5.75 Å². The van der Waals surface area contributed by atoms with Crippen LogP contribution in [0.1, 0.15) is 52.7 Å². The van der Waals surface area contributed by atoms with Gasteiger partial charge in [-0.25, -0.2) is 4.79 Å². The number of nitrogens with zero attached hydrogens (tertiary/aromatic N) is 5. The van der Waals surface area contributed by atoms with Crippen molar-refractivity contribution in [3.63, 3.8) is 0 Å². The Bertz CT molecular complexity index is 1620. The van der Waals surface area contributed by atoms with Gasteiger partial charge >= 0.3 is 6.09 Å². The Morgan fingerprint density at radius 3 is 2.61 bits per heavy atom. The van der Waals surface area contributed by atoms with Gasteiger partial charge in [-0.3, -0.25) is 9.69 Å². The normalized spacial score (nSPS) is 12.1. The lowest BCUT2D eigenvalue weighted by atomic mass is 10.0. The molecule has 0 fully saturated rings. The van der Waals surface area contributed by atoms with Crippen molar-refractivity contribution in [1.82, 2.24) is 25.3 Å². The molecule has 0 radical (unpaired) electrons. The average Bonchev–Trinajstić information content (AvgIpc) is 3.64. The first-order valence-electron chi connectivity index (χ1n) is 14.5. The standard InChI is InChI=1S/C32H35N7O4S/c1-3-43-32(42)39-19-24-10-7-9-23(27(24)20-39)18-29(41)34-28-15-14-25(35-36-28)11-4-5-13-30-37-38-31(44-30)33-21(2)16-22-8-6-12-26(40)17-22/h6-10,12,14-15,17,40H,2-5,11,13,16,18-20H2,1H3,(H,33,38)(H,34,36,41). The van der Waals surface area contributed by atoms with Crippen LogP contribution in [-0.2, 0) is 48.3 Å². The molecule has 1 aliphatic rings. The number of aromatic hydroxyl groups is 1. The second kappa shape index (κ2) is 14.6. The first kappa shape index (κ1) is 30.6. The SMILES string of the molecule is C=C(Cc1cccc(O)c1)Nc1nnc(CCCCc2ccc(NC(=O)Cc3cccc4c3CN(C(=O)OCC)C4)nn2)s1. The van der Waals surface area contributed by atoms with E-state index >= 15 is 0 Å². The number of carbonyl (C=O) groups is 2. The molecule has 0 saturated heterocycles. The molecule has 0 bridgehead atoms. The lowest BCUT2D eigenvalue weighted by molar-refractivity contribution is -0.115. The van der Waals surface area contributed by atoms with Crippen molar-refractivity contribution < 1.29 is 19.4 Å². The molecule has 0 atom stereocenters. The summed E-state index contributed by atoms with van der Waals surface area (Å²) in [6.07, 6.45) is 3.82. The number of phenols is 1. The van der Waals surface area contributed by atoms with Crippen molar-refractivity contribution in [3.05, 3.63) is 99.8 Å². The molecule has 0 aliphatic carbocycles. The highest BCUT2D eigenvalue weighted by atomic mass is 32.1. The number of phenolic OH excluding ortho intramolecular Hbond substituents is 1. The highest BCUT2D eigenvalue weighted by Crippen LogP contribution is 2.27. The Balaban J connectivity index is 1.02. The second-order valence-corrected chi connectivity index (χ2v) is 11.6. The summed E-state index contributed by atoms with van der Waals surface area (Å²) in [4.78, 5) is 26.6. The Morgan fingerprint density at radius 2 is 1.82 bits per heavy atom. The molecule has 228 valence electrons. The maximum absolute atomic E-state index is 12.8. The Hall–Kier alpha value is -4.84. The number of aromatic nitrogens is 4. The van der Waals surface area contributed by atoms with Gasteiger partial charge in [0.1, 0.15) is 10.8 Å². The molecule has 0 unspecified atom stereocenters. The van der Waals surface area contributed by atoms with Crippen molar-refractivity contribution >= 4 is 34.3 Å². The summed E-state index contributed by atoms with van der Waals surface area (Å²) in [6.45, 7) is 7.07. The Kier molecular flexibility index (Phi) is 10.1. The summed E-state index contributed by atoms with van der Waals surface area (Å²) in [5.41, 5.74) is 5.50. The van der Waals surface area contributed by atoms with Crippen molar-refractivity contribution in [3.8, 4) is 5.75 Å². The number of fused-ring (bicyclic) bond motifs is 1. The van der Waals surface area contributed by atoms with Crippen LogP contribution in [0.4, 0.5) is 15.7 Å². The molecule has 0 spiro atoms. The molecule has 3 N–H and O–H groups in total. The van der Waals surface area contributed by atoms with E-state index in [0.717, 1.165) is 64.3 Å². The summed E-state index contributed by atoms with van der Waals surface area (Å²) in [7, 11) is 0. The average molecular weight is 614 g/mol. The molecule has 44 heavy (non-hydrogen) atoms. The van der Waals surface area contributed by atoms with Gasteiger partial charge in [-0.15, -0.1) is 15.3 Å². The molecule has 11 nitrogen and oxygen atoms in total. The molecule has 12 heteroatoms. The monoisotopic (exact) mass is 613 g/mol. The largest absolute Gasteiger partial charge is 0.508 e. The smallest absolute Gasteiger partial charge is 0.410 e. The predicted molar refractivity (Wildman–Crippen MR) is 168 cm³/mol. The second-order valence-electron chi connectivity index (χ2n) is 10.5. The van der Waals surface area contributed by atoms with E-state index in [4.69, 9.17) is 4.74 Å². The van der Waals surface area contributed by atoms with E-state index in [1.807, 2.05) is 30.3 Å². The maximum Gasteiger partial charge on any atom is 0.410 e. The van der Waals surface area contributed by atoms with E-state index in [1.54, 1.807) is 36.1 Å². The number of anilines is 2. The fraction of sp³-hybridized carbons (Fsp3) is 0.312. The van der Waals surface area contributed by atoms with Crippen molar-refractivity contribution in [2.75, 3.05) is 17.2 Å². The van der Waals surface area contributed by atoms with Gasteiger partial charge in [-0.1, -0.05) is 48.2 Å². The summed E-state index contributed by atoms with van der Waals surface area (Å²) >= 11 is 1.50. The molecule has 4 aromatic rings. The number of ether oxygens (including phenoxy) is 1. The fourth-order valence-electron chi connectivity index (χ4n) is 5.02. The van der Waals surface area contributed by atoms with E-state index in [-0.39, 0.29) is 24.2 Å². The van der Waals surface area contributed by atoms with Gasteiger partial charge in [0.05, 0.1) is 18.7 Å². The van der Waals surface area contributed by atoms with Gasteiger partial charge in [-0.05, 0) is 72.7 Å². The minimum atomic E-state index is -0.346. The molecule has 1 aliphatic heterocycles. The van der Waals surface area contributed by atoms with Crippen LogP contribution in [0.3, 0.4) is 0 Å².